The van der Waals surface area contributed by atoms with Gasteiger partial charge < -0.3 is 10.3 Å². The number of H-pyrrole nitrogens is 1. The van der Waals surface area contributed by atoms with E-state index < -0.39 is 0 Å². The van der Waals surface area contributed by atoms with Crippen molar-refractivity contribution >= 4 is 40.2 Å². The molecule has 90 valence electrons. The highest BCUT2D eigenvalue weighted by Crippen LogP contribution is 2.25. The highest BCUT2D eigenvalue weighted by molar-refractivity contribution is 7.80. The number of benzene rings is 1. The molecule has 0 spiro atoms. The number of aliphatic imine (C=N–C) groups is 1. The number of nitrogens with one attached hydrogen (secondary N) is 2. The molecule has 1 aromatic heterocycles. The molecule has 0 saturated heterocycles. The van der Waals surface area contributed by atoms with Crippen molar-refractivity contribution in [1.29, 1.82) is 0 Å². The van der Waals surface area contributed by atoms with Crippen LogP contribution in [0, 0.1) is 0 Å². The molecule has 0 amide bonds. The number of aromatic nitrogens is 1. The van der Waals surface area contributed by atoms with E-state index in [4.69, 9.17) is 23.8 Å². The van der Waals surface area contributed by atoms with Gasteiger partial charge in [0.25, 0.3) is 0 Å². The van der Waals surface area contributed by atoms with Crippen molar-refractivity contribution in [1.82, 2.24) is 4.98 Å². The number of thiocarbonyl (C=S) groups is 1. The molecule has 2 aromatic rings. The lowest BCUT2D eigenvalue weighted by atomic mass is 10.1. The van der Waals surface area contributed by atoms with Crippen LogP contribution in [0.3, 0.4) is 0 Å². The molecule has 0 unspecified atom stereocenters. The van der Waals surface area contributed by atoms with Crippen molar-refractivity contribution in [3.63, 3.8) is 0 Å². The molecule has 0 fully saturated rings. The van der Waals surface area contributed by atoms with Gasteiger partial charge in [0.1, 0.15) is 4.99 Å². The molecule has 18 heavy (non-hydrogen) atoms. The van der Waals surface area contributed by atoms with E-state index >= 15 is 0 Å². The van der Waals surface area contributed by atoms with E-state index in [2.05, 4.69) is 15.3 Å². The van der Waals surface area contributed by atoms with E-state index in [1.807, 2.05) is 36.5 Å². The van der Waals surface area contributed by atoms with Gasteiger partial charge >= 0.3 is 0 Å². The van der Waals surface area contributed by atoms with E-state index in [0.717, 1.165) is 22.7 Å². The fourth-order valence-electron chi connectivity index (χ4n) is 1.96. The van der Waals surface area contributed by atoms with Crippen LogP contribution in [0.5, 0.6) is 0 Å². The van der Waals surface area contributed by atoms with Gasteiger partial charge in [-0.15, -0.1) is 0 Å². The maximum Gasteiger partial charge on any atom is 0.102 e. The number of halogens is 1. The lowest BCUT2D eigenvalue weighted by molar-refractivity contribution is 1.29. The Morgan fingerprint density at radius 3 is 2.94 bits per heavy atom. The predicted octanol–water partition coefficient (Wildman–Crippen LogP) is 3.26. The molecule has 1 aromatic carbocycles. The van der Waals surface area contributed by atoms with Crippen LogP contribution in [-0.4, -0.2) is 22.2 Å². The molecule has 1 aliphatic rings. The molecule has 2 N–H and O–H groups in total. The van der Waals surface area contributed by atoms with Crippen LogP contribution in [-0.2, 0) is 0 Å². The number of fused-ring (bicyclic) bond motifs is 1. The van der Waals surface area contributed by atoms with Gasteiger partial charge in [0.05, 0.1) is 18.0 Å². The fourth-order valence-corrected chi connectivity index (χ4v) is 2.30. The molecular formula is C13H10ClN3S. The molecular weight excluding hydrogens is 266 g/mol. The second-order valence-electron chi connectivity index (χ2n) is 3.99. The first-order chi connectivity index (χ1) is 8.74. The lowest BCUT2D eigenvalue weighted by Gasteiger charge is -2.09. The summed E-state index contributed by atoms with van der Waals surface area (Å²) >= 11 is 11.3. The summed E-state index contributed by atoms with van der Waals surface area (Å²) in [6.45, 7) is 0.482. The maximum atomic E-state index is 6.07. The molecule has 0 bridgehead atoms. The summed E-state index contributed by atoms with van der Waals surface area (Å²) in [5, 5.41) is 3.87. The van der Waals surface area contributed by atoms with Crippen LogP contribution in [0.2, 0.25) is 5.02 Å². The van der Waals surface area contributed by atoms with Crippen molar-refractivity contribution in [2.45, 2.75) is 0 Å². The first kappa shape index (κ1) is 11.4. The fraction of sp³-hybridized carbons (Fsp3) is 0.0769. The number of hydrogen-bond acceptors (Lipinski definition) is 2. The minimum absolute atomic E-state index is 0.482. The van der Waals surface area contributed by atoms with Crippen molar-refractivity contribution in [2.24, 2.45) is 4.99 Å². The van der Waals surface area contributed by atoms with Crippen LogP contribution in [0.25, 0.3) is 0 Å². The van der Waals surface area contributed by atoms with E-state index in [-0.39, 0.29) is 0 Å². The molecule has 3 nitrogen and oxygen atoms in total. The summed E-state index contributed by atoms with van der Waals surface area (Å²) < 4.78 is 0. The number of nitrogens with zero attached hydrogens (tertiary/aromatic N) is 1. The first-order valence-electron chi connectivity index (χ1n) is 5.52. The Kier molecular flexibility index (Phi) is 2.89. The molecule has 0 saturated carbocycles. The lowest BCUT2D eigenvalue weighted by Crippen LogP contribution is -2.10. The molecule has 1 aliphatic heterocycles. The Labute approximate surface area is 115 Å². The van der Waals surface area contributed by atoms with E-state index in [0.29, 0.717) is 16.6 Å². The van der Waals surface area contributed by atoms with Crippen molar-refractivity contribution in [3.8, 4) is 0 Å². The third kappa shape index (κ3) is 2.05. The third-order valence-corrected chi connectivity index (χ3v) is 3.21. The van der Waals surface area contributed by atoms with Gasteiger partial charge in [-0.3, -0.25) is 4.99 Å². The number of hydrogen-bond donors (Lipinski definition) is 2. The Bertz CT molecular complexity index is 632. The summed E-state index contributed by atoms with van der Waals surface area (Å²) in [6, 6.07) is 9.59. The zero-order valence-corrected chi connectivity index (χ0v) is 11.0. The van der Waals surface area contributed by atoms with Crippen LogP contribution < -0.4 is 5.32 Å². The summed E-state index contributed by atoms with van der Waals surface area (Å²) in [5.41, 5.74) is 3.75. The minimum atomic E-state index is 0.482. The van der Waals surface area contributed by atoms with Gasteiger partial charge in [-0.1, -0.05) is 23.8 Å². The van der Waals surface area contributed by atoms with Crippen molar-refractivity contribution in [3.05, 3.63) is 52.8 Å². The zero-order valence-electron chi connectivity index (χ0n) is 9.40. The third-order valence-electron chi connectivity index (χ3n) is 2.74. The second-order valence-corrected chi connectivity index (χ2v) is 4.92. The Morgan fingerprint density at radius 1 is 1.28 bits per heavy atom. The Balaban J connectivity index is 2.20. The monoisotopic (exact) mass is 275 g/mol. The highest BCUT2D eigenvalue weighted by Gasteiger charge is 2.17. The number of benzodiazepines with no additional fused rings is 1. The number of aromatic amines is 1. The molecule has 3 rings (SSSR count). The predicted molar refractivity (Wildman–Crippen MR) is 79.0 cm³/mol. The highest BCUT2D eigenvalue weighted by atomic mass is 35.5. The van der Waals surface area contributed by atoms with E-state index in [9.17, 15) is 0 Å². The average molecular weight is 276 g/mol. The Morgan fingerprint density at radius 2 is 2.17 bits per heavy atom. The standard InChI is InChI=1S/C13H10ClN3S/c14-8-3-4-10-9(6-8)13(11-2-1-5-15-11)16-7-12(18)17-10/h1-6,15H,7H2,(H,17,18). The summed E-state index contributed by atoms with van der Waals surface area (Å²) in [4.78, 5) is 8.43. The van der Waals surface area contributed by atoms with E-state index in [1.165, 1.54) is 0 Å². The van der Waals surface area contributed by atoms with Gasteiger partial charge in [-0.2, -0.15) is 0 Å². The zero-order chi connectivity index (χ0) is 12.5. The topological polar surface area (TPSA) is 40.2 Å². The summed E-state index contributed by atoms with van der Waals surface area (Å²) in [7, 11) is 0. The molecule has 0 radical (unpaired) electrons. The van der Waals surface area contributed by atoms with Crippen LogP contribution >= 0.6 is 23.8 Å². The van der Waals surface area contributed by atoms with Crippen LogP contribution in [0.4, 0.5) is 5.69 Å². The minimum Gasteiger partial charge on any atom is -0.360 e. The molecule has 0 aliphatic carbocycles. The number of anilines is 1. The molecule has 2 heterocycles. The number of rotatable bonds is 1. The summed E-state index contributed by atoms with van der Waals surface area (Å²) in [6.07, 6.45) is 1.87. The average Bonchev–Trinajstić information content (AvgIpc) is 2.81. The molecule has 5 heteroatoms. The van der Waals surface area contributed by atoms with Gasteiger partial charge in [-0.25, -0.2) is 0 Å². The smallest absolute Gasteiger partial charge is 0.102 e. The van der Waals surface area contributed by atoms with Gasteiger partial charge in [-0.05, 0) is 30.3 Å². The second kappa shape index (κ2) is 4.55. The summed E-state index contributed by atoms with van der Waals surface area (Å²) in [5.74, 6) is 0. The maximum absolute atomic E-state index is 6.07. The largest absolute Gasteiger partial charge is 0.360 e. The van der Waals surface area contributed by atoms with Crippen LogP contribution in [0.15, 0.2) is 41.5 Å². The first-order valence-corrected chi connectivity index (χ1v) is 6.30. The molecule has 0 atom stereocenters. The van der Waals surface area contributed by atoms with Crippen LogP contribution in [0.1, 0.15) is 11.3 Å². The SMILES string of the molecule is S=C1CN=C(c2ccc[nH]2)c2cc(Cl)ccc2N1. The van der Waals surface area contributed by atoms with Crippen molar-refractivity contribution < 1.29 is 0 Å². The van der Waals surface area contributed by atoms with Gasteiger partial charge in [0.2, 0.25) is 0 Å². The van der Waals surface area contributed by atoms with Gasteiger partial charge in [0.15, 0.2) is 0 Å². The normalized spacial score (nSPS) is 14.5. The quantitative estimate of drug-likeness (QED) is 0.784. The van der Waals surface area contributed by atoms with E-state index in [1.54, 1.807) is 0 Å². The Hall–Kier alpha value is -1.65. The van der Waals surface area contributed by atoms with Crippen molar-refractivity contribution in [2.75, 3.05) is 11.9 Å². The van der Waals surface area contributed by atoms with Gasteiger partial charge in [0, 0.05) is 22.5 Å².